The van der Waals surface area contributed by atoms with Crippen LogP contribution in [0.25, 0.3) is 0 Å². The van der Waals surface area contributed by atoms with E-state index in [4.69, 9.17) is 4.42 Å². The van der Waals surface area contributed by atoms with Crippen LogP contribution in [0, 0.1) is 6.92 Å². The van der Waals surface area contributed by atoms with Crippen molar-refractivity contribution in [3.63, 3.8) is 0 Å². The summed E-state index contributed by atoms with van der Waals surface area (Å²) in [6.07, 6.45) is 2.28. The average Bonchev–Trinajstić information content (AvgIpc) is 3.33. The molecule has 4 nitrogen and oxygen atoms in total. The van der Waals surface area contributed by atoms with Crippen molar-refractivity contribution < 1.29 is 9.21 Å². The Hall–Kier alpha value is -2.66. The quantitative estimate of drug-likeness (QED) is 0.699. The molecule has 0 saturated carbocycles. The monoisotopic (exact) mass is 336 g/mol. The van der Waals surface area contributed by atoms with Gasteiger partial charge >= 0.3 is 0 Å². The van der Waals surface area contributed by atoms with E-state index >= 15 is 0 Å². The summed E-state index contributed by atoms with van der Waals surface area (Å²) < 4.78 is 5.47. The van der Waals surface area contributed by atoms with Gasteiger partial charge in [-0.3, -0.25) is 4.79 Å². The number of carbonyl (C=O) groups excluding carboxylic acids is 1. The number of aryl methyl sites for hydroxylation is 1. The van der Waals surface area contributed by atoms with Gasteiger partial charge in [0.2, 0.25) is 0 Å². The van der Waals surface area contributed by atoms with Crippen molar-refractivity contribution in [3.8, 4) is 0 Å². The maximum atomic E-state index is 13.1. The summed E-state index contributed by atoms with van der Waals surface area (Å²) in [5.41, 5.74) is 3.54. The second-order valence-corrected chi connectivity index (χ2v) is 6.55. The molecule has 1 aliphatic rings. The number of furan rings is 1. The predicted octanol–water partition coefficient (Wildman–Crippen LogP) is 4.64. The van der Waals surface area contributed by atoms with E-state index in [1.807, 2.05) is 54.8 Å². The minimum atomic E-state index is -0.0940. The molecule has 0 N–H and O–H groups in total. The number of nitrogens with zero attached hydrogens (tertiary/aromatic N) is 2. The fraction of sp³-hybridized carbons (Fsp3) is 0.158. The molecule has 0 radical (unpaired) electrons. The number of hydrogen-bond donors (Lipinski definition) is 0. The van der Waals surface area contributed by atoms with Gasteiger partial charge < -0.3 is 4.42 Å². The van der Waals surface area contributed by atoms with Crippen molar-refractivity contribution in [1.29, 1.82) is 0 Å². The summed E-state index contributed by atoms with van der Waals surface area (Å²) in [5.74, 6) is 0.640. The van der Waals surface area contributed by atoms with Crippen molar-refractivity contribution in [2.45, 2.75) is 19.4 Å². The standard InChI is InChI=1S/C19H16N2O2S/c1-13-5-2-3-6-15(13)19(22)21-17(14-8-10-24-12-14)11-16(20-21)18-7-4-9-23-18/h2-10,12,17H,11H2,1H3. The highest BCUT2D eigenvalue weighted by molar-refractivity contribution is 7.08. The maximum Gasteiger partial charge on any atom is 0.274 e. The van der Waals surface area contributed by atoms with Crippen LogP contribution < -0.4 is 0 Å². The van der Waals surface area contributed by atoms with Gasteiger partial charge in [-0.1, -0.05) is 18.2 Å². The molecule has 5 heteroatoms. The first-order valence-corrected chi connectivity index (χ1v) is 8.71. The van der Waals surface area contributed by atoms with Crippen molar-refractivity contribution in [3.05, 3.63) is 81.9 Å². The highest BCUT2D eigenvalue weighted by atomic mass is 32.1. The first-order valence-electron chi connectivity index (χ1n) is 7.76. The maximum absolute atomic E-state index is 13.1. The Bertz CT molecular complexity index is 882. The molecule has 0 spiro atoms. The Morgan fingerprint density at radius 1 is 1.25 bits per heavy atom. The Kier molecular flexibility index (Phi) is 3.78. The molecule has 3 heterocycles. The normalized spacial score (nSPS) is 17.1. The summed E-state index contributed by atoms with van der Waals surface area (Å²) >= 11 is 1.63. The van der Waals surface area contributed by atoms with Gasteiger partial charge in [-0.2, -0.15) is 16.4 Å². The zero-order chi connectivity index (χ0) is 16.5. The van der Waals surface area contributed by atoms with Crippen LogP contribution in [-0.4, -0.2) is 16.6 Å². The van der Waals surface area contributed by atoms with Crippen LogP contribution in [0.1, 0.15) is 39.7 Å². The number of hydrazone groups is 1. The van der Waals surface area contributed by atoms with Crippen LogP contribution in [0.5, 0.6) is 0 Å². The van der Waals surface area contributed by atoms with Gasteiger partial charge in [-0.05, 0) is 53.1 Å². The van der Waals surface area contributed by atoms with Gasteiger partial charge in [-0.15, -0.1) is 0 Å². The minimum absolute atomic E-state index is 0.0779. The second kappa shape index (κ2) is 6.09. The summed E-state index contributed by atoms with van der Waals surface area (Å²) in [4.78, 5) is 13.1. The van der Waals surface area contributed by atoms with Crippen molar-refractivity contribution in [2.24, 2.45) is 5.10 Å². The Labute approximate surface area is 144 Å². The fourth-order valence-electron chi connectivity index (χ4n) is 2.95. The predicted molar refractivity (Wildman–Crippen MR) is 94.3 cm³/mol. The summed E-state index contributed by atoms with van der Waals surface area (Å²) in [6.45, 7) is 1.94. The van der Waals surface area contributed by atoms with Crippen molar-refractivity contribution in [1.82, 2.24) is 5.01 Å². The second-order valence-electron chi connectivity index (χ2n) is 5.77. The largest absolute Gasteiger partial charge is 0.463 e. The molecule has 1 unspecified atom stereocenters. The first kappa shape index (κ1) is 14.9. The van der Waals surface area contributed by atoms with Crippen LogP contribution in [0.4, 0.5) is 0 Å². The van der Waals surface area contributed by atoms with E-state index < -0.39 is 0 Å². The molecule has 1 amide bonds. The number of carbonyl (C=O) groups is 1. The molecule has 4 rings (SSSR count). The molecule has 0 saturated heterocycles. The van der Waals surface area contributed by atoms with Crippen LogP contribution in [-0.2, 0) is 0 Å². The van der Waals surface area contributed by atoms with Crippen LogP contribution in [0.3, 0.4) is 0 Å². The lowest BCUT2D eigenvalue weighted by atomic mass is 10.0. The number of thiophene rings is 1. The molecule has 120 valence electrons. The third kappa shape index (κ3) is 2.57. The molecule has 1 atom stereocenters. The van der Waals surface area contributed by atoms with E-state index in [2.05, 4.69) is 10.5 Å². The van der Waals surface area contributed by atoms with Crippen LogP contribution in [0.15, 0.2) is 69.0 Å². The summed E-state index contributed by atoms with van der Waals surface area (Å²) in [5, 5.41) is 10.3. The van der Waals surface area contributed by atoms with E-state index in [9.17, 15) is 4.79 Å². The van der Waals surface area contributed by atoms with Gasteiger partial charge in [0.05, 0.1) is 12.3 Å². The number of benzene rings is 1. The fourth-order valence-corrected chi connectivity index (χ4v) is 3.66. The SMILES string of the molecule is Cc1ccccc1C(=O)N1N=C(c2ccco2)CC1c1ccsc1. The van der Waals surface area contributed by atoms with Crippen molar-refractivity contribution in [2.75, 3.05) is 0 Å². The third-order valence-corrected chi connectivity index (χ3v) is 4.93. The smallest absolute Gasteiger partial charge is 0.274 e. The lowest BCUT2D eigenvalue weighted by molar-refractivity contribution is 0.0710. The highest BCUT2D eigenvalue weighted by Crippen LogP contribution is 2.35. The topological polar surface area (TPSA) is 45.8 Å². The lowest BCUT2D eigenvalue weighted by Gasteiger charge is -2.21. The van der Waals surface area contributed by atoms with E-state index in [1.165, 1.54) is 0 Å². The van der Waals surface area contributed by atoms with Crippen molar-refractivity contribution >= 4 is 23.0 Å². The molecular weight excluding hydrogens is 320 g/mol. The molecule has 1 aliphatic heterocycles. The van der Waals surface area contributed by atoms with E-state index in [0.717, 1.165) is 22.6 Å². The first-order chi connectivity index (χ1) is 11.7. The number of hydrogen-bond acceptors (Lipinski definition) is 4. The number of amides is 1. The minimum Gasteiger partial charge on any atom is -0.463 e. The Balaban J connectivity index is 1.74. The summed E-state index contributed by atoms with van der Waals surface area (Å²) in [6, 6.07) is 13.3. The molecule has 2 aromatic heterocycles. The zero-order valence-electron chi connectivity index (χ0n) is 13.2. The molecule has 0 fully saturated rings. The van der Waals surface area contributed by atoms with Gasteiger partial charge in [0.1, 0.15) is 11.5 Å². The Morgan fingerprint density at radius 2 is 2.12 bits per heavy atom. The molecular formula is C19H16N2O2S. The van der Waals surface area contributed by atoms with Gasteiger partial charge in [-0.25, -0.2) is 5.01 Å². The molecule has 1 aromatic carbocycles. The van der Waals surface area contributed by atoms with Gasteiger partial charge in [0.15, 0.2) is 0 Å². The Morgan fingerprint density at radius 3 is 2.83 bits per heavy atom. The van der Waals surface area contributed by atoms with E-state index in [-0.39, 0.29) is 11.9 Å². The molecule has 24 heavy (non-hydrogen) atoms. The van der Waals surface area contributed by atoms with Crippen LogP contribution in [0.2, 0.25) is 0 Å². The highest BCUT2D eigenvalue weighted by Gasteiger charge is 2.35. The molecule has 0 bridgehead atoms. The summed E-state index contributed by atoms with van der Waals surface area (Å²) in [7, 11) is 0. The molecule has 3 aromatic rings. The van der Waals surface area contributed by atoms with Gasteiger partial charge in [0.25, 0.3) is 5.91 Å². The molecule has 0 aliphatic carbocycles. The van der Waals surface area contributed by atoms with E-state index in [0.29, 0.717) is 12.0 Å². The average molecular weight is 336 g/mol. The third-order valence-electron chi connectivity index (χ3n) is 4.23. The zero-order valence-corrected chi connectivity index (χ0v) is 14.0. The van der Waals surface area contributed by atoms with Gasteiger partial charge in [0, 0.05) is 12.0 Å². The number of rotatable bonds is 3. The van der Waals surface area contributed by atoms with Crippen LogP contribution >= 0.6 is 11.3 Å². The lowest BCUT2D eigenvalue weighted by Crippen LogP contribution is -2.27. The van der Waals surface area contributed by atoms with E-state index in [1.54, 1.807) is 22.6 Å².